The first-order valence-electron chi connectivity index (χ1n) is 10.8. The number of amides is 2. The summed E-state index contributed by atoms with van der Waals surface area (Å²) < 4.78 is 6.60. The smallest absolute Gasteiger partial charge is 0.272 e. The fourth-order valence-electron chi connectivity index (χ4n) is 3.55. The van der Waals surface area contributed by atoms with Gasteiger partial charge in [0.15, 0.2) is 5.69 Å². The first kappa shape index (κ1) is 23.0. The van der Waals surface area contributed by atoms with Gasteiger partial charge in [0, 0.05) is 17.8 Å². The molecule has 4 aromatic rings. The van der Waals surface area contributed by atoms with Crippen LogP contribution in [0.3, 0.4) is 0 Å². The number of carbonyl (C=O) groups is 2. The lowest BCUT2D eigenvalue weighted by atomic mass is 10.1. The van der Waals surface area contributed by atoms with E-state index in [0.717, 1.165) is 0 Å². The van der Waals surface area contributed by atoms with E-state index in [4.69, 9.17) is 27.9 Å². The lowest BCUT2D eigenvalue weighted by molar-refractivity contribution is -0.00355. The second kappa shape index (κ2) is 9.87. The highest BCUT2D eigenvalue weighted by Gasteiger charge is 2.24. The first-order valence-corrected chi connectivity index (χ1v) is 11.5. The highest BCUT2D eigenvalue weighted by molar-refractivity contribution is 6.38. The number of nitrogens with one attached hydrogen (secondary N) is 2. The Morgan fingerprint density at radius 3 is 2.40 bits per heavy atom. The molecule has 3 heterocycles. The third-order valence-corrected chi connectivity index (χ3v) is 6.03. The number of hydrogen-bond acceptors (Lipinski definition) is 5. The van der Waals surface area contributed by atoms with Gasteiger partial charge in [0.05, 0.1) is 46.2 Å². The number of halogens is 2. The van der Waals surface area contributed by atoms with E-state index in [0.29, 0.717) is 41.0 Å². The van der Waals surface area contributed by atoms with Crippen molar-refractivity contribution in [1.29, 1.82) is 0 Å². The van der Waals surface area contributed by atoms with Crippen LogP contribution >= 0.6 is 23.2 Å². The Labute approximate surface area is 210 Å². The second-order valence-electron chi connectivity index (χ2n) is 7.85. The van der Waals surface area contributed by atoms with Crippen molar-refractivity contribution in [3.63, 3.8) is 0 Å². The predicted molar refractivity (Wildman–Crippen MR) is 133 cm³/mol. The summed E-state index contributed by atoms with van der Waals surface area (Å²) in [5.41, 5.74) is 2.21. The second-order valence-corrected chi connectivity index (χ2v) is 8.67. The molecule has 2 amide bonds. The van der Waals surface area contributed by atoms with E-state index < -0.39 is 5.91 Å². The number of ether oxygens (including phenoxy) is 1. The number of benzene rings is 2. The van der Waals surface area contributed by atoms with Gasteiger partial charge in [-0.3, -0.25) is 14.6 Å². The van der Waals surface area contributed by atoms with E-state index in [9.17, 15) is 9.59 Å². The van der Waals surface area contributed by atoms with Crippen LogP contribution in [0.4, 0.5) is 5.82 Å². The van der Waals surface area contributed by atoms with Crippen molar-refractivity contribution in [3.8, 4) is 16.9 Å². The van der Waals surface area contributed by atoms with Gasteiger partial charge in [-0.2, -0.15) is 5.10 Å². The summed E-state index contributed by atoms with van der Waals surface area (Å²) >= 11 is 12.8. The summed E-state index contributed by atoms with van der Waals surface area (Å²) in [7, 11) is 0. The zero-order valence-electron chi connectivity index (χ0n) is 18.2. The van der Waals surface area contributed by atoms with Crippen molar-refractivity contribution in [1.82, 2.24) is 20.1 Å². The van der Waals surface area contributed by atoms with Crippen LogP contribution in [0.5, 0.6) is 0 Å². The average molecular weight is 508 g/mol. The molecule has 0 saturated carbocycles. The number of pyridine rings is 1. The minimum atomic E-state index is -0.486. The molecule has 0 spiro atoms. The van der Waals surface area contributed by atoms with E-state index in [1.165, 1.54) is 16.8 Å². The van der Waals surface area contributed by atoms with Crippen molar-refractivity contribution in [3.05, 3.63) is 94.2 Å². The van der Waals surface area contributed by atoms with Crippen molar-refractivity contribution >= 4 is 40.8 Å². The monoisotopic (exact) mass is 507 g/mol. The topological polar surface area (TPSA) is 98.1 Å². The number of nitrogens with zero attached hydrogens (tertiary/aromatic N) is 3. The molecule has 2 aromatic carbocycles. The summed E-state index contributed by atoms with van der Waals surface area (Å²) in [5, 5.41) is 10.7. The molecule has 10 heteroatoms. The lowest BCUT2D eigenvalue weighted by Gasteiger charge is -2.26. The Balaban J connectivity index is 1.48. The van der Waals surface area contributed by atoms with Crippen LogP contribution in [-0.4, -0.2) is 45.8 Å². The highest BCUT2D eigenvalue weighted by Crippen LogP contribution is 2.32. The zero-order valence-corrected chi connectivity index (χ0v) is 19.8. The van der Waals surface area contributed by atoms with Crippen molar-refractivity contribution in [2.45, 2.75) is 6.04 Å². The maximum absolute atomic E-state index is 13.3. The Morgan fingerprint density at radius 1 is 0.943 bits per heavy atom. The van der Waals surface area contributed by atoms with Crippen molar-refractivity contribution in [2.75, 3.05) is 18.5 Å². The largest absolute Gasteiger partial charge is 0.377 e. The standard InChI is InChI=1S/C25H19Cl2N5O3/c26-19-11-20(27)18(10-17(19)21-8-4-5-9-28-21)24(33)30-23-12-22(25(34)29-15-13-35-14-15)31-32(23)16-6-2-1-3-7-16/h1-12,15H,13-14H2,(H,29,34)(H,30,33). The predicted octanol–water partition coefficient (Wildman–Crippen LogP) is 4.62. The molecule has 1 saturated heterocycles. The number of anilines is 1. The molecule has 8 nitrogen and oxygen atoms in total. The van der Waals surface area contributed by atoms with E-state index >= 15 is 0 Å². The molecule has 2 aromatic heterocycles. The molecular formula is C25H19Cl2N5O3. The number of carbonyl (C=O) groups excluding carboxylic acids is 2. The molecule has 1 fully saturated rings. The van der Waals surface area contributed by atoms with E-state index in [2.05, 4.69) is 20.7 Å². The molecular weight excluding hydrogens is 489 g/mol. The summed E-state index contributed by atoms with van der Waals surface area (Å²) in [6.07, 6.45) is 1.64. The van der Waals surface area contributed by atoms with E-state index in [1.54, 1.807) is 24.4 Å². The lowest BCUT2D eigenvalue weighted by Crippen LogP contribution is -2.48. The van der Waals surface area contributed by atoms with Crippen LogP contribution in [0.15, 0.2) is 72.9 Å². The molecule has 35 heavy (non-hydrogen) atoms. The Hall–Kier alpha value is -3.72. The SMILES string of the molecule is O=C(NC1COC1)c1cc(NC(=O)c2cc(-c3ccccn3)c(Cl)cc2Cl)n(-c2ccccc2)n1. The third kappa shape index (κ3) is 4.90. The van der Waals surface area contributed by atoms with Crippen LogP contribution < -0.4 is 10.6 Å². The molecule has 0 radical (unpaired) electrons. The van der Waals surface area contributed by atoms with Gasteiger partial charge in [-0.15, -0.1) is 0 Å². The number of rotatable bonds is 6. The normalized spacial score (nSPS) is 13.2. The van der Waals surface area contributed by atoms with Crippen LogP contribution in [0.25, 0.3) is 16.9 Å². The molecule has 2 N–H and O–H groups in total. The molecule has 1 aliphatic heterocycles. The van der Waals surface area contributed by atoms with Gasteiger partial charge in [0.1, 0.15) is 5.82 Å². The zero-order chi connectivity index (χ0) is 24.4. The molecule has 5 rings (SSSR count). The van der Waals surface area contributed by atoms with Crippen molar-refractivity contribution < 1.29 is 14.3 Å². The minimum Gasteiger partial charge on any atom is -0.377 e. The first-order chi connectivity index (χ1) is 17.0. The molecule has 0 bridgehead atoms. The summed E-state index contributed by atoms with van der Waals surface area (Å²) in [6.45, 7) is 0.921. The molecule has 0 unspecified atom stereocenters. The Kier molecular flexibility index (Phi) is 6.50. The Bertz CT molecular complexity index is 1390. The number of hydrogen-bond donors (Lipinski definition) is 2. The van der Waals surface area contributed by atoms with Crippen LogP contribution in [-0.2, 0) is 4.74 Å². The summed E-state index contributed by atoms with van der Waals surface area (Å²) in [4.78, 5) is 30.3. The number of para-hydroxylation sites is 1. The highest BCUT2D eigenvalue weighted by atomic mass is 35.5. The summed E-state index contributed by atoms with van der Waals surface area (Å²) in [5.74, 6) is -0.535. The van der Waals surface area contributed by atoms with Crippen LogP contribution in [0.1, 0.15) is 20.8 Å². The molecule has 1 aliphatic rings. The average Bonchev–Trinajstić information content (AvgIpc) is 3.26. The van der Waals surface area contributed by atoms with Gasteiger partial charge >= 0.3 is 0 Å². The van der Waals surface area contributed by atoms with Gasteiger partial charge < -0.3 is 15.4 Å². The molecule has 0 atom stereocenters. The van der Waals surface area contributed by atoms with E-state index in [1.807, 2.05) is 36.4 Å². The van der Waals surface area contributed by atoms with Gasteiger partial charge in [0.25, 0.3) is 11.8 Å². The minimum absolute atomic E-state index is 0.0553. The van der Waals surface area contributed by atoms with Crippen LogP contribution in [0.2, 0.25) is 10.0 Å². The van der Waals surface area contributed by atoms with Gasteiger partial charge in [-0.05, 0) is 36.4 Å². The third-order valence-electron chi connectivity index (χ3n) is 5.40. The fourth-order valence-corrected chi connectivity index (χ4v) is 4.12. The fraction of sp³-hybridized carbons (Fsp3) is 0.120. The van der Waals surface area contributed by atoms with Gasteiger partial charge in [0.2, 0.25) is 0 Å². The van der Waals surface area contributed by atoms with Gasteiger partial charge in [-0.1, -0.05) is 47.5 Å². The van der Waals surface area contributed by atoms with Gasteiger partial charge in [-0.25, -0.2) is 4.68 Å². The maximum Gasteiger partial charge on any atom is 0.272 e. The molecule has 0 aliphatic carbocycles. The maximum atomic E-state index is 13.3. The van der Waals surface area contributed by atoms with Crippen molar-refractivity contribution in [2.24, 2.45) is 0 Å². The van der Waals surface area contributed by atoms with E-state index in [-0.39, 0.29) is 28.2 Å². The molecule has 176 valence electrons. The quantitative estimate of drug-likeness (QED) is 0.396. The van der Waals surface area contributed by atoms with Crippen LogP contribution in [0, 0.1) is 0 Å². The summed E-state index contributed by atoms with van der Waals surface area (Å²) in [6, 6.07) is 19.1. The number of aromatic nitrogens is 3. The Morgan fingerprint density at radius 2 is 1.71 bits per heavy atom.